The fraction of sp³-hybridized carbons (Fsp3) is 0. The average Bonchev–Trinajstić information content (AvgIpc) is 3.53. The standard InChI is InChI=1S/C42H24B2N2OS/c1-10-22-37-25(12-1)39-33(20-11-23-38(39)48-37)45-30-17-6-2-13-26(30)43-27-14-3-7-18-31(27)46-32-19-8-4-15-28(32)44-29-16-5-9-21-35(29)47-36-24-34(45)40(43)42(46)41(36)44/h1-24H. The zero-order valence-electron chi connectivity index (χ0n) is 25.7. The van der Waals surface area contributed by atoms with Gasteiger partial charge in [0.2, 0.25) is 0 Å². The van der Waals surface area contributed by atoms with Gasteiger partial charge in [-0.1, -0.05) is 97.1 Å². The van der Waals surface area contributed by atoms with Crippen molar-refractivity contribution in [1.29, 1.82) is 0 Å². The van der Waals surface area contributed by atoms with Crippen molar-refractivity contribution >= 4 is 112 Å². The summed E-state index contributed by atoms with van der Waals surface area (Å²) in [5.41, 5.74) is 15.2. The van der Waals surface area contributed by atoms with Gasteiger partial charge in [-0.3, -0.25) is 0 Å². The van der Waals surface area contributed by atoms with Gasteiger partial charge in [0, 0.05) is 54.7 Å². The molecule has 4 aliphatic heterocycles. The van der Waals surface area contributed by atoms with E-state index in [2.05, 4.69) is 155 Å². The third-order valence-electron chi connectivity index (χ3n) is 10.9. The number of ether oxygens (including phenoxy) is 1. The van der Waals surface area contributed by atoms with Crippen LogP contribution in [0, 0.1) is 0 Å². The summed E-state index contributed by atoms with van der Waals surface area (Å²) >= 11 is 1.87. The molecule has 48 heavy (non-hydrogen) atoms. The number of fused-ring (bicyclic) bond motifs is 13. The molecule has 0 bridgehead atoms. The molecule has 0 N–H and O–H groups in total. The quantitative estimate of drug-likeness (QED) is 0.182. The molecule has 8 aromatic rings. The lowest BCUT2D eigenvalue weighted by molar-refractivity contribution is 0.488. The molecule has 0 amide bonds. The van der Waals surface area contributed by atoms with Crippen LogP contribution in [0.2, 0.25) is 0 Å². The molecular formula is C42H24B2N2OS. The molecule has 6 heteroatoms. The van der Waals surface area contributed by atoms with Gasteiger partial charge in [0.1, 0.15) is 11.5 Å². The largest absolute Gasteiger partial charge is 0.458 e. The van der Waals surface area contributed by atoms with Crippen LogP contribution in [0.3, 0.4) is 0 Å². The highest BCUT2D eigenvalue weighted by atomic mass is 32.1. The van der Waals surface area contributed by atoms with Gasteiger partial charge in [-0.2, -0.15) is 0 Å². The van der Waals surface area contributed by atoms with Crippen molar-refractivity contribution in [2.45, 2.75) is 0 Å². The van der Waals surface area contributed by atoms with Crippen LogP contribution < -0.4 is 47.3 Å². The summed E-state index contributed by atoms with van der Waals surface area (Å²) in [6.45, 7) is 0.167. The van der Waals surface area contributed by atoms with Crippen molar-refractivity contribution in [3.05, 3.63) is 146 Å². The number of benzene rings is 7. The predicted molar refractivity (Wildman–Crippen MR) is 205 cm³/mol. The number of thiophene rings is 1. The summed E-state index contributed by atoms with van der Waals surface area (Å²) in [6.07, 6.45) is 0. The van der Waals surface area contributed by atoms with E-state index in [0.717, 1.165) is 11.5 Å². The van der Waals surface area contributed by atoms with Crippen LogP contribution in [0.25, 0.3) is 20.2 Å². The van der Waals surface area contributed by atoms with E-state index >= 15 is 0 Å². The van der Waals surface area contributed by atoms with E-state index in [1.165, 1.54) is 87.1 Å². The first-order valence-electron chi connectivity index (χ1n) is 16.6. The molecule has 7 aromatic carbocycles. The maximum Gasteiger partial charge on any atom is 0.256 e. The van der Waals surface area contributed by atoms with Crippen LogP contribution >= 0.6 is 11.3 Å². The van der Waals surface area contributed by atoms with E-state index in [4.69, 9.17) is 4.74 Å². The van der Waals surface area contributed by atoms with E-state index in [1.54, 1.807) is 0 Å². The number of hydrogen-bond donors (Lipinski definition) is 0. The number of anilines is 6. The fourth-order valence-corrected chi connectivity index (χ4v) is 10.3. The Morgan fingerprint density at radius 1 is 0.438 bits per heavy atom. The van der Waals surface area contributed by atoms with Gasteiger partial charge in [-0.05, 0) is 75.2 Å². The predicted octanol–water partition coefficient (Wildman–Crippen LogP) is 7.07. The number of hydrogen-bond acceptors (Lipinski definition) is 4. The molecule has 0 spiro atoms. The zero-order valence-corrected chi connectivity index (χ0v) is 26.5. The van der Waals surface area contributed by atoms with Gasteiger partial charge in [0.05, 0.1) is 5.69 Å². The van der Waals surface area contributed by atoms with E-state index in [-0.39, 0.29) is 13.4 Å². The molecule has 0 aliphatic carbocycles. The monoisotopic (exact) mass is 626 g/mol. The summed E-state index contributed by atoms with van der Waals surface area (Å²) in [5.74, 6) is 1.88. The molecule has 12 rings (SSSR count). The van der Waals surface area contributed by atoms with Crippen LogP contribution in [0.15, 0.2) is 146 Å². The molecule has 0 unspecified atom stereocenters. The maximum atomic E-state index is 6.96. The lowest BCUT2D eigenvalue weighted by Crippen LogP contribution is -2.67. The molecule has 0 saturated heterocycles. The van der Waals surface area contributed by atoms with E-state index in [1.807, 2.05) is 11.3 Å². The van der Waals surface area contributed by atoms with Crippen molar-refractivity contribution in [2.75, 3.05) is 9.80 Å². The summed E-state index contributed by atoms with van der Waals surface area (Å²) in [7, 11) is 0. The first-order valence-corrected chi connectivity index (χ1v) is 17.4. The highest BCUT2D eigenvalue weighted by molar-refractivity contribution is 7.26. The van der Waals surface area contributed by atoms with Gasteiger partial charge in [-0.15, -0.1) is 11.3 Å². The van der Waals surface area contributed by atoms with Gasteiger partial charge in [0.25, 0.3) is 13.4 Å². The van der Waals surface area contributed by atoms with E-state index in [0.29, 0.717) is 0 Å². The minimum absolute atomic E-state index is 0.0819. The normalized spacial score (nSPS) is 14.2. The third-order valence-corrected chi connectivity index (χ3v) is 12.0. The average molecular weight is 626 g/mol. The Balaban J connectivity index is 1.26. The second-order valence-electron chi connectivity index (χ2n) is 13.2. The minimum atomic E-state index is 0.0819. The fourth-order valence-electron chi connectivity index (χ4n) is 9.13. The van der Waals surface area contributed by atoms with Gasteiger partial charge in [0.15, 0.2) is 0 Å². The number of para-hydroxylation sites is 4. The summed E-state index contributed by atoms with van der Waals surface area (Å²) in [5, 5.41) is 2.60. The Morgan fingerprint density at radius 3 is 1.75 bits per heavy atom. The summed E-state index contributed by atoms with van der Waals surface area (Å²) < 4.78 is 9.57. The van der Waals surface area contributed by atoms with Gasteiger partial charge < -0.3 is 14.5 Å². The third kappa shape index (κ3) is 3.03. The van der Waals surface area contributed by atoms with Gasteiger partial charge in [-0.25, -0.2) is 0 Å². The smallest absolute Gasteiger partial charge is 0.256 e. The van der Waals surface area contributed by atoms with E-state index < -0.39 is 0 Å². The van der Waals surface area contributed by atoms with Crippen LogP contribution in [0.1, 0.15) is 0 Å². The first-order chi connectivity index (χ1) is 23.8. The Bertz CT molecular complexity index is 2710. The van der Waals surface area contributed by atoms with Crippen molar-refractivity contribution in [3.8, 4) is 11.5 Å². The topological polar surface area (TPSA) is 15.7 Å². The Morgan fingerprint density at radius 2 is 1.00 bits per heavy atom. The molecule has 0 radical (unpaired) electrons. The Kier molecular flexibility index (Phi) is 4.76. The van der Waals surface area contributed by atoms with Crippen LogP contribution in [-0.4, -0.2) is 13.4 Å². The highest BCUT2D eigenvalue weighted by Gasteiger charge is 2.50. The van der Waals surface area contributed by atoms with Crippen LogP contribution in [0.5, 0.6) is 11.5 Å². The SMILES string of the molecule is c1ccc2c(c1)Oc1cc3c4c5c1B2c1ccccc1N5c1ccccc1B4c1ccccc1N3c1cccc2sc3ccccc3c12. The van der Waals surface area contributed by atoms with Gasteiger partial charge >= 0.3 is 0 Å². The second-order valence-corrected chi connectivity index (χ2v) is 14.3. The van der Waals surface area contributed by atoms with Crippen LogP contribution in [-0.2, 0) is 0 Å². The molecule has 1 aromatic heterocycles. The van der Waals surface area contributed by atoms with Crippen molar-refractivity contribution in [1.82, 2.24) is 0 Å². The molecular weight excluding hydrogens is 602 g/mol. The van der Waals surface area contributed by atoms with Crippen molar-refractivity contribution in [3.63, 3.8) is 0 Å². The van der Waals surface area contributed by atoms with Crippen molar-refractivity contribution in [2.24, 2.45) is 0 Å². The molecule has 0 fully saturated rings. The second kappa shape index (κ2) is 9.00. The molecule has 0 atom stereocenters. The lowest BCUT2D eigenvalue weighted by Gasteiger charge is -2.49. The first kappa shape index (κ1) is 25.4. The molecule has 220 valence electrons. The lowest BCUT2D eigenvalue weighted by atomic mass is 9.29. The number of rotatable bonds is 1. The van der Waals surface area contributed by atoms with Crippen LogP contribution in [0.4, 0.5) is 34.1 Å². The Labute approximate surface area is 282 Å². The zero-order chi connectivity index (χ0) is 31.1. The Hall–Kier alpha value is -5.71. The number of nitrogens with zero attached hydrogens (tertiary/aromatic N) is 2. The highest BCUT2D eigenvalue weighted by Crippen LogP contribution is 2.50. The molecule has 0 saturated carbocycles. The maximum absolute atomic E-state index is 6.96. The molecule has 5 heterocycles. The van der Waals surface area contributed by atoms with E-state index in [9.17, 15) is 0 Å². The van der Waals surface area contributed by atoms with Crippen molar-refractivity contribution < 1.29 is 4.74 Å². The summed E-state index contributed by atoms with van der Waals surface area (Å²) in [6, 6.07) is 53.6. The summed E-state index contributed by atoms with van der Waals surface area (Å²) in [4.78, 5) is 5.07. The molecule has 4 aliphatic rings. The molecule has 3 nitrogen and oxygen atoms in total. The minimum Gasteiger partial charge on any atom is -0.458 e.